The van der Waals surface area contributed by atoms with Crippen LogP contribution in [0.15, 0.2) is 73.1 Å². The third-order valence-electron chi connectivity index (χ3n) is 10.7. The quantitative estimate of drug-likeness (QED) is 0.0284. The molecule has 3 heterocycles. The molecule has 70 heavy (non-hydrogen) atoms. The highest BCUT2D eigenvalue weighted by atomic mass is 35.5. The third-order valence-corrected chi connectivity index (χ3v) is 10.7. The molecule has 0 aliphatic carbocycles. The second-order valence-electron chi connectivity index (χ2n) is 16.6. The van der Waals surface area contributed by atoms with E-state index in [9.17, 15) is 48.5 Å². The van der Waals surface area contributed by atoms with E-state index in [4.69, 9.17) is 0 Å². The molecular weight excluding hydrogens is 951 g/mol. The van der Waals surface area contributed by atoms with Crippen molar-refractivity contribution >= 4 is 106 Å². The van der Waals surface area contributed by atoms with Crippen molar-refractivity contribution in [1.29, 1.82) is 0 Å². The molecule has 6 rings (SSSR count). The first kappa shape index (κ1) is 54.9. The molecule has 0 radical (unpaired) electrons. The number of non-ortho nitro benzene ring substituents is 1. The lowest BCUT2D eigenvalue weighted by Crippen LogP contribution is -2.41. The van der Waals surface area contributed by atoms with Gasteiger partial charge in [-0.25, -0.2) is 4.90 Å². The normalized spacial score (nSPS) is 11.7. The van der Waals surface area contributed by atoms with Gasteiger partial charge in [-0.1, -0.05) is 12.1 Å². The van der Waals surface area contributed by atoms with Crippen LogP contribution in [0.4, 0.5) is 22.7 Å². The first-order valence-corrected chi connectivity index (χ1v) is 21.4. The molecule has 0 atom stereocenters. The Balaban J connectivity index is 0.00000533. The van der Waals surface area contributed by atoms with Gasteiger partial charge in [0.1, 0.15) is 11.4 Å². The van der Waals surface area contributed by atoms with Crippen molar-refractivity contribution in [1.82, 2.24) is 40.2 Å². The van der Waals surface area contributed by atoms with Crippen molar-refractivity contribution in [3.63, 3.8) is 0 Å². The molecule has 372 valence electrons. The fourth-order valence-electron chi connectivity index (χ4n) is 7.46. The Morgan fingerprint density at radius 3 is 1.54 bits per heavy atom. The third kappa shape index (κ3) is 13.3. The summed E-state index contributed by atoms with van der Waals surface area (Å²) in [6.45, 7) is 1.26. The number of nitrogens with one attached hydrogen (secondary N) is 6. The lowest BCUT2D eigenvalue weighted by Gasteiger charge is -2.27. The maximum absolute atomic E-state index is 14.2. The van der Waals surface area contributed by atoms with Crippen LogP contribution in [-0.4, -0.2) is 139 Å². The van der Waals surface area contributed by atoms with Crippen molar-refractivity contribution in [2.24, 2.45) is 14.1 Å². The van der Waals surface area contributed by atoms with Gasteiger partial charge >= 0.3 is 0 Å². The predicted octanol–water partition coefficient (Wildman–Crippen LogP) is 3.17. The Hall–Kier alpha value is -7.66. The van der Waals surface area contributed by atoms with Crippen LogP contribution < -0.4 is 36.8 Å². The van der Waals surface area contributed by atoms with Crippen molar-refractivity contribution < 1.29 is 43.3 Å². The number of rotatable bonds is 20. The summed E-state index contributed by atoms with van der Waals surface area (Å²) < 4.78 is 3.07. The first-order chi connectivity index (χ1) is 32.3. The minimum atomic E-state index is -0.973. The van der Waals surface area contributed by atoms with E-state index in [1.165, 1.54) is 57.9 Å². The number of nitro benzene ring substituents is 1. The van der Waals surface area contributed by atoms with Gasteiger partial charge in [-0.3, -0.25) is 48.5 Å². The molecule has 0 saturated heterocycles. The van der Waals surface area contributed by atoms with Gasteiger partial charge in [0.25, 0.3) is 41.1 Å². The van der Waals surface area contributed by atoms with Gasteiger partial charge < -0.3 is 50.8 Å². The molecule has 6 N–H and O–H groups in total. The van der Waals surface area contributed by atoms with Crippen LogP contribution in [0.3, 0.4) is 0 Å². The van der Waals surface area contributed by atoms with E-state index in [0.717, 1.165) is 50.2 Å². The lowest BCUT2D eigenvalue weighted by molar-refractivity contribution is -0.384. The summed E-state index contributed by atoms with van der Waals surface area (Å²) in [4.78, 5) is 123. The number of carbonyl (C=O) groups excluding carboxylic acids is 8. The van der Waals surface area contributed by atoms with Crippen molar-refractivity contribution in [2.45, 2.75) is 12.8 Å². The Labute approximate surface area is 414 Å². The largest absolute Gasteiger partial charge is 0.351 e. The summed E-state index contributed by atoms with van der Waals surface area (Å²) in [6.07, 6.45) is 4.51. The summed E-state index contributed by atoms with van der Waals surface area (Å²) in [5.74, 6) is -5.68. The van der Waals surface area contributed by atoms with Crippen LogP contribution in [-0.2, 0) is 23.7 Å². The number of amides is 8. The predicted molar refractivity (Wildman–Crippen MR) is 266 cm³/mol. The zero-order chi connectivity index (χ0) is 49.4. The number of nitrogens with zero attached hydrogens (tertiary/aromatic N) is 6. The number of aryl methyl sites for hydroxylation is 2. The van der Waals surface area contributed by atoms with Gasteiger partial charge in [-0.15, -0.1) is 24.8 Å². The molecule has 0 spiro atoms. The maximum atomic E-state index is 14.2. The minimum absolute atomic E-state index is 0. The van der Waals surface area contributed by atoms with Crippen molar-refractivity contribution in [3.05, 3.63) is 117 Å². The molecule has 8 amide bonds. The fourth-order valence-corrected chi connectivity index (χ4v) is 7.46. The number of hydrogen-bond acceptors (Lipinski definition) is 12. The summed E-state index contributed by atoms with van der Waals surface area (Å²) in [7, 11) is 11.0. The van der Waals surface area contributed by atoms with E-state index in [2.05, 4.69) is 31.9 Å². The molecule has 5 aromatic rings. The number of aromatic nitrogens is 2. The van der Waals surface area contributed by atoms with E-state index in [-0.39, 0.29) is 98.1 Å². The number of halogens is 2. The second kappa shape index (κ2) is 24.1. The van der Waals surface area contributed by atoms with Gasteiger partial charge in [-0.2, -0.15) is 0 Å². The van der Waals surface area contributed by atoms with Gasteiger partial charge in [0.05, 0.1) is 40.6 Å². The standard InChI is InChI=1S/C46H52N12O10.2ClH/c1-53(2)14-8-12-47-43(63)36-20-30(25-55(36)5)51-38(59)23-49-41(61)28-16-29(42(62)50-24-39(60)52-31-21-37(56(6)26-31)44(64)48-13-9-15-54(3)4)19-32(18-28)57-45(65)34-11-7-10-27-17-33(58(67)68)22-35(40(27)34)46(57)66;;/h7,10-11,16-22,25-26H,8-9,12-15,23-24H2,1-6H3,(H,47,63)(H,48,64)(H,49,61)(H,50,62)(H,51,59)(H,52,60);2*1H. The van der Waals surface area contributed by atoms with E-state index in [0.29, 0.717) is 18.0 Å². The molecule has 1 aliphatic heterocycles. The van der Waals surface area contributed by atoms with Crippen LogP contribution in [0.5, 0.6) is 0 Å². The number of benzene rings is 3. The highest BCUT2D eigenvalue weighted by molar-refractivity contribution is 6.36. The highest BCUT2D eigenvalue weighted by Gasteiger charge is 2.36. The Morgan fingerprint density at radius 2 is 1.09 bits per heavy atom. The van der Waals surface area contributed by atoms with Crippen LogP contribution in [0.25, 0.3) is 10.8 Å². The van der Waals surface area contributed by atoms with E-state index >= 15 is 0 Å². The molecule has 22 nitrogen and oxygen atoms in total. The van der Waals surface area contributed by atoms with Crippen molar-refractivity contribution in [3.8, 4) is 0 Å². The average Bonchev–Trinajstić information content (AvgIpc) is 3.85. The summed E-state index contributed by atoms with van der Waals surface area (Å²) in [6, 6.07) is 13.1. The molecule has 1 aliphatic rings. The van der Waals surface area contributed by atoms with Gasteiger partial charge in [-0.05, 0) is 95.9 Å². The van der Waals surface area contributed by atoms with Gasteiger partial charge in [0.15, 0.2) is 0 Å². The number of hydrogen-bond donors (Lipinski definition) is 6. The molecule has 0 fully saturated rings. The number of anilines is 3. The van der Waals surface area contributed by atoms with Crippen LogP contribution in [0.2, 0.25) is 0 Å². The molecule has 0 saturated carbocycles. The highest BCUT2D eigenvalue weighted by Crippen LogP contribution is 2.36. The number of imide groups is 1. The minimum Gasteiger partial charge on any atom is -0.351 e. The molecular formula is C46H54Cl2N12O10. The van der Waals surface area contributed by atoms with Gasteiger partial charge in [0.2, 0.25) is 11.8 Å². The summed E-state index contributed by atoms with van der Waals surface area (Å²) in [5.41, 5.74) is -0.267. The molecule has 0 bridgehead atoms. The Morgan fingerprint density at radius 1 is 0.614 bits per heavy atom. The summed E-state index contributed by atoms with van der Waals surface area (Å²) >= 11 is 0. The number of nitro groups is 1. The topological polar surface area (TPSA) is 271 Å². The Bertz CT molecular complexity index is 2740. The summed E-state index contributed by atoms with van der Waals surface area (Å²) in [5, 5.41) is 28.1. The maximum Gasteiger partial charge on any atom is 0.270 e. The van der Waals surface area contributed by atoms with E-state index in [1.54, 1.807) is 14.1 Å². The van der Waals surface area contributed by atoms with E-state index in [1.807, 2.05) is 38.0 Å². The second-order valence-corrected chi connectivity index (χ2v) is 16.6. The zero-order valence-electron chi connectivity index (χ0n) is 39.2. The van der Waals surface area contributed by atoms with Crippen LogP contribution in [0.1, 0.15) is 75.3 Å². The molecule has 3 aromatic carbocycles. The number of carbonyl (C=O) groups is 8. The van der Waals surface area contributed by atoms with Gasteiger partial charge in [0, 0.05) is 73.8 Å². The molecule has 24 heteroatoms. The smallest absolute Gasteiger partial charge is 0.270 e. The van der Waals surface area contributed by atoms with Crippen LogP contribution >= 0.6 is 24.8 Å². The SMILES string of the molecule is CN(C)CCCNC(=O)c1cc(NC(=O)CNC(=O)c2cc(C(=O)NCC(=O)Nc3cc(C(=O)NCCCN(C)C)n(C)c3)cc(N3C(=O)c4cccc5cc([N+](=O)[O-])cc(c45)C3=O)c2)cn1C.Cl.Cl. The monoisotopic (exact) mass is 1000 g/mol. The fraction of sp³-hybridized carbons (Fsp3) is 0.304. The first-order valence-electron chi connectivity index (χ1n) is 21.4. The molecule has 2 aromatic heterocycles. The average molecular weight is 1010 g/mol. The lowest BCUT2D eigenvalue weighted by atomic mass is 9.92. The zero-order valence-corrected chi connectivity index (χ0v) is 40.8. The Kier molecular flexibility index (Phi) is 18.9. The molecule has 0 unspecified atom stereocenters. The van der Waals surface area contributed by atoms with Crippen LogP contribution in [0, 0.1) is 10.1 Å². The van der Waals surface area contributed by atoms with Crippen molar-refractivity contribution in [2.75, 3.05) is 83.0 Å². The van der Waals surface area contributed by atoms with E-state index < -0.39 is 59.1 Å².